The quantitative estimate of drug-likeness (QED) is 0.842. The van der Waals surface area contributed by atoms with Crippen LogP contribution in [0.4, 0.5) is 0 Å². The van der Waals surface area contributed by atoms with E-state index in [-0.39, 0.29) is 6.04 Å². The fraction of sp³-hybridized carbons (Fsp3) is 0.300. The largest absolute Gasteiger partial charge is 0.469 e. The molecule has 4 heteroatoms. The lowest BCUT2D eigenvalue weighted by molar-refractivity contribution is 0.509. The fourth-order valence-corrected chi connectivity index (χ4v) is 2.06. The maximum Gasteiger partial charge on any atom is 0.108 e. The number of hydrogen-bond acceptors (Lipinski definition) is 4. The summed E-state index contributed by atoms with van der Waals surface area (Å²) < 4.78 is 9.38. The number of aryl methyl sites for hydroxylation is 1. The summed E-state index contributed by atoms with van der Waals surface area (Å²) >= 11 is 1.43. The summed E-state index contributed by atoms with van der Waals surface area (Å²) in [5, 5.41) is 0. The minimum Gasteiger partial charge on any atom is -0.469 e. The van der Waals surface area contributed by atoms with Crippen LogP contribution in [-0.2, 0) is 6.42 Å². The number of furan rings is 1. The maximum atomic E-state index is 6.09. The Kier molecular flexibility index (Phi) is 2.65. The van der Waals surface area contributed by atoms with E-state index in [1.807, 2.05) is 12.1 Å². The van der Waals surface area contributed by atoms with E-state index >= 15 is 0 Å². The first-order valence-electron chi connectivity index (χ1n) is 4.55. The molecule has 1 atom stereocenters. The molecule has 1 unspecified atom stereocenters. The summed E-state index contributed by atoms with van der Waals surface area (Å²) in [6, 6.07) is 3.78. The van der Waals surface area contributed by atoms with Gasteiger partial charge in [-0.3, -0.25) is 0 Å². The van der Waals surface area contributed by atoms with E-state index in [4.69, 9.17) is 10.2 Å². The van der Waals surface area contributed by atoms with Crippen molar-refractivity contribution in [3.63, 3.8) is 0 Å². The molecule has 0 amide bonds. The van der Waals surface area contributed by atoms with Gasteiger partial charge in [-0.25, -0.2) is 4.37 Å². The molecular weight excluding hydrogens is 196 g/mol. The van der Waals surface area contributed by atoms with Crippen molar-refractivity contribution in [2.75, 3.05) is 0 Å². The number of nitrogens with zero attached hydrogens (tertiary/aromatic N) is 1. The highest BCUT2D eigenvalue weighted by atomic mass is 32.1. The van der Waals surface area contributed by atoms with Crippen LogP contribution in [0.15, 0.2) is 29.0 Å². The van der Waals surface area contributed by atoms with Gasteiger partial charge in [0.1, 0.15) is 5.76 Å². The molecule has 3 nitrogen and oxygen atoms in total. The summed E-state index contributed by atoms with van der Waals surface area (Å²) in [6.45, 7) is 2.06. The summed E-state index contributed by atoms with van der Waals surface area (Å²) in [6.07, 6.45) is 4.33. The Bertz CT molecular complexity index is 394. The van der Waals surface area contributed by atoms with Gasteiger partial charge >= 0.3 is 0 Å². The van der Waals surface area contributed by atoms with Gasteiger partial charge in [-0.05, 0) is 23.7 Å². The number of rotatable bonds is 3. The molecule has 0 spiro atoms. The summed E-state index contributed by atoms with van der Waals surface area (Å²) in [5.41, 5.74) is 7.16. The van der Waals surface area contributed by atoms with Gasteiger partial charge in [-0.2, -0.15) is 0 Å². The summed E-state index contributed by atoms with van der Waals surface area (Å²) in [5.74, 6) is 0.964. The third-order valence-electron chi connectivity index (χ3n) is 2.20. The van der Waals surface area contributed by atoms with Gasteiger partial charge in [-0.1, -0.05) is 6.92 Å². The lowest BCUT2D eigenvalue weighted by Gasteiger charge is -2.07. The van der Waals surface area contributed by atoms with Crippen molar-refractivity contribution >= 4 is 11.5 Å². The first kappa shape index (κ1) is 9.43. The van der Waals surface area contributed by atoms with Gasteiger partial charge < -0.3 is 10.2 Å². The predicted octanol–water partition coefficient (Wildman–Crippen LogP) is 2.35. The molecule has 2 heterocycles. The highest BCUT2D eigenvalue weighted by Gasteiger charge is 2.15. The van der Waals surface area contributed by atoms with Crippen LogP contribution in [0, 0.1) is 0 Å². The first-order chi connectivity index (χ1) is 6.83. The SMILES string of the molecule is CCc1occc1C(N)c1ccns1. The lowest BCUT2D eigenvalue weighted by atomic mass is 10.1. The van der Waals surface area contributed by atoms with E-state index in [1.165, 1.54) is 11.5 Å². The average molecular weight is 208 g/mol. The van der Waals surface area contributed by atoms with Crippen LogP contribution < -0.4 is 5.73 Å². The number of hydrogen-bond donors (Lipinski definition) is 1. The zero-order chi connectivity index (χ0) is 9.97. The van der Waals surface area contributed by atoms with E-state index in [0.717, 1.165) is 22.6 Å². The normalized spacial score (nSPS) is 13.0. The van der Waals surface area contributed by atoms with E-state index in [0.29, 0.717) is 0 Å². The molecule has 0 fully saturated rings. The zero-order valence-electron chi connectivity index (χ0n) is 7.93. The average Bonchev–Trinajstić information content (AvgIpc) is 2.87. The van der Waals surface area contributed by atoms with Crippen molar-refractivity contribution in [1.29, 1.82) is 0 Å². The molecule has 2 aromatic heterocycles. The Balaban J connectivity index is 2.31. The highest BCUT2D eigenvalue weighted by Crippen LogP contribution is 2.25. The van der Waals surface area contributed by atoms with Gasteiger partial charge in [-0.15, -0.1) is 0 Å². The van der Waals surface area contributed by atoms with Gasteiger partial charge in [0.15, 0.2) is 0 Å². The van der Waals surface area contributed by atoms with Crippen LogP contribution in [0.2, 0.25) is 0 Å². The van der Waals surface area contributed by atoms with Crippen LogP contribution in [0.3, 0.4) is 0 Å². The van der Waals surface area contributed by atoms with Gasteiger partial charge in [0, 0.05) is 23.1 Å². The van der Waals surface area contributed by atoms with Crippen molar-refractivity contribution in [2.45, 2.75) is 19.4 Å². The molecule has 2 rings (SSSR count). The van der Waals surface area contributed by atoms with E-state index in [1.54, 1.807) is 12.5 Å². The maximum absolute atomic E-state index is 6.09. The molecule has 0 radical (unpaired) electrons. The van der Waals surface area contributed by atoms with Crippen LogP contribution in [0.1, 0.15) is 29.2 Å². The molecule has 14 heavy (non-hydrogen) atoms. The van der Waals surface area contributed by atoms with Crippen molar-refractivity contribution in [2.24, 2.45) is 5.73 Å². The Morgan fingerprint density at radius 1 is 1.57 bits per heavy atom. The predicted molar refractivity (Wildman–Crippen MR) is 56.2 cm³/mol. The van der Waals surface area contributed by atoms with Gasteiger partial charge in [0.2, 0.25) is 0 Å². The first-order valence-corrected chi connectivity index (χ1v) is 5.32. The Hall–Kier alpha value is -1.13. The second kappa shape index (κ2) is 3.94. The van der Waals surface area contributed by atoms with Crippen LogP contribution in [0.5, 0.6) is 0 Å². The molecule has 0 bridgehead atoms. The van der Waals surface area contributed by atoms with Crippen LogP contribution >= 0.6 is 11.5 Å². The van der Waals surface area contributed by atoms with Gasteiger partial charge in [0.05, 0.1) is 12.3 Å². The fourth-order valence-electron chi connectivity index (χ4n) is 1.45. The number of nitrogens with two attached hydrogens (primary N) is 1. The topological polar surface area (TPSA) is 52.0 Å². The summed E-state index contributed by atoms with van der Waals surface area (Å²) in [7, 11) is 0. The Morgan fingerprint density at radius 3 is 3.07 bits per heavy atom. The minimum atomic E-state index is -0.101. The molecular formula is C10H12N2OS. The molecule has 2 N–H and O–H groups in total. The van der Waals surface area contributed by atoms with Crippen molar-refractivity contribution in [3.8, 4) is 0 Å². The van der Waals surface area contributed by atoms with E-state index < -0.39 is 0 Å². The van der Waals surface area contributed by atoms with Gasteiger partial charge in [0.25, 0.3) is 0 Å². The molecule has 0 aliphatic carbocycles. The molecule has 0 aliphatic rings. The standard InChI is InChI=1S/C10H12N2OS/c1-2-8-7(4-6-13-8)10(11)9-3-5-12-14-9/h3-6,10H,2,11H2,1H3. The van der Waals surface area contributed by atoms with Crippen molar-refractivity contribution < 1.29 is 4.42 Å². The monoisotopic (exact) mass is 208 g/mol. The van der Waals surface area contributed by atoms with E-state index in [2.05, 4.69) is 11.3 Å². The molecule has 2 aromatic rings. The minimum absolute atomic E-state index is 0.101. The third kappa shape index (κ3) is 1.58. The molecule has 0 saturated carbocycles. The summed E-state index contributed by atoms with van der Waals surface area (Å²) in [4.78, 5) is 1.07. The van der Waals surface area contributed by atoms with Crippen molar-refractivity contribution in [3.05, 3.63) is 40.8 Å². The highest BCUT2D eigenvalue weighted by molar-refractivity contribution is 7.05. The second-order valence-electron chi connectivity index (χ2n) is 3.05. The van der Waals surface area contributed by atoms with E-state index in [9.17, 15) is 0 Å². The third-order valence-corrected chi connectivity index (χ3v) is 3.03. The molecule has 0 aromatic carbocycles. The second-order valence-corrected chi connectivity index (χ2v) is 3.91. The molecule has 74 valence electrons. The molecule has 0 aliphatic heterocycles. The smallest absolute Gasteiger partial charge is 0.108 e. The van der Waals surface area contributed by atoms with Crippen LogP contribution in [-0.4, -0.2) is 4.37 Å². The van der Waals surface area contributed by atoms with Crippen LogP contribution in [0.25, 0.3) is 0 Å². The Labute approximate surface area is 86.7 Å². The zero-order valence-corrected chi connectivity index (χ0v) is 8.75. The Morgan fingerprint density at radius 2 is 2.43 bits per heavy atom. The molecule has 0 saturated heterocycles. The van der Waals surface area contributed by atoms with Crippen molar-refractivity contribution in [1.82, 2.24) is 4.37 Å². The number of aromatic nitrogens is 1. The lowest BCUT2D eigenvalue weighted by Crippen LogP contribution is -2.10.